The fraction of sp³-hybridized carbons (Fsp3) is 0.429. The van der Waals surface area contributed by atoms with Gasteiger partial charge >= 0.3 is 5.97 Å². The van der Waals surface area contributed by atoms with Crippen LogP contribution in [0, 0.1) is 0 Å². The minimum Gasteiger partial charge on any atom is -0.480 e. The van der Waals surface area contributed by atoms with Crippen molar-refractivity contribution in [1.82, 2.24) is 10.6 Å². The lowest BCUT2D eigenvalue weighted by Gasteiger charge is -2.26. The van der Waals surface area contributed by atoms with Gasteiger partial charge in [-0.05, 0) is 17.5 Å². The molecule has 0 bridgehead atoms. The normalized spacial score (nSPS) is 19.3. The third-order valence-corrected chi connectivity index (χ3v) is 3.43. The first-order valence-electron chi connectivity index (χ1n) is 6.45. The Morgan fingerprint density at radius 2 is 2.21 bits per heavy atom. The Labute approximate surface area is 112 Å². The zero-order valence-electron chi connectivity index (χ0n) is 10.8. The van der Waals surface area contributed by atoms with E-state index in [1.165, 1.54) is 0 Å². The number of hydrogen-bond donors (Lipinski definition) is 3. The molecule has 3 N–H and O–H groups in total. The van der Waals surface area contributed by atoms with E-state index in [0.717, 1.165) is 17.7 Å². The predicted octanol–water partition coefficient (Wildman–Crippen LogP) is 0.853. The van der Waals surface area contributed by atoms with E-state index in [1.54, 1.807) is 6.92 Å². The van der Waals surface area contributed by atoms with Gasteiger partial charge in [-0.1, -0.05) is 31.2 Å². The molecule has 5 nitrogen and oxygen atoms in total. The summed E-state index contributed by atoms with van der Waals surface area (Å²) in [6.45, 7) is 3.03. The van der Waals surface area contributed by atoms with E-state index < -0.39 is 12.0 Å². The first kappa shape index (κ1) is 13.5. The molecule has 1 aliphatic heterocycles. The lowest BCUT2D eigenvalue weighted by molar-refractivity contribution is -0.142. The van der Waals surface area contributed by atoms with Gasteiger partial charge in [0.15, 0.2) is 0 Å². The molecule has 0 aliphatic carbocycles. The summed E-state index contributed by atoms with van der Waals surface area (Å²) in [5.74, 6) is -1.54. The summed E-state index contributed by atoms with van der Waals surface area (Å²) in [6.07, 6.45) is 0.378. The quantitative estimate of drug-likeness (QED) is 0.752. The van der Waals surface area contributed by atoms with Crippen molar-refractivity contribution < 1.29 is 14.7 Å². The molecular weight excluding hydrogens is 244 g/mol. The fourth-order valence-corrected chi connectivity index (χ4v) is 2.34. The van der Waals surface area contributed by atoms with Crippen molar-refractivity contribution in [2.24, 2.45) is 0 Å². The summed E-state index contributed by atoms with van der Waals surface area (Å²) in [5.41, 5.74) is 2.08. The summed E-state index contributed by atoms with van der Waals surface area (Å²) in [7, 11) is 0. The van der Waals surface area contributed by atoms with E-state index in [4.69, 9.17) is 5.11 Å². The Balaban J connectivity index is 2.15. The highest BCUT2D eigenvalue weighted by Gasteiger charge is 2.28. The van der Waals surface area contributed by atoms with Crippen molar-refractivity contribution in [2.75, 3.05) is 6.54 Å². The third-order valence-electron chi connectivity index (χ3n) is 3.43. The average Bonchev–Trinajstić information content (AvgIpc) is 2.43. The van der Waals surface area contributed by atoms with Gasteiger partial charge in [-0.3, -0.25) is 4.79 Å². The number of aliphatic carboxylic acids is 1. The Morgan fingerprint density at radius 1 is 1.47 bits per heavy atom. The molecule has 0 fully saturated rings. The van der Waals surface area contributed by atoms with Gasteiger partial charge in [0.1, 0.15) is 6.04 Å². The van der Waals surface area contributed by atoms with Gasteiger partial charge in [0.25, 0.3) is 0 Å². The van der Waals surface area contributed by atoms with Gasteiger partial charge in [-0.2, -0.15) is 0 Å². The van der Waals surface area contributed by atoms with Crippen LogP contribution < -0.4 is 10.6 Å². The number of amides is 1. The summed E-state index contributed by atoms with van der Waals surface area (Å²) in [5, 5.41) is 14.8. The monoisotopic (exact) mass is 262 g/mol. The SMILES string of the molecule is CC[C@@H](NC(=O)C1CNCc2ccccc21)C(=O)O. The number of rotatable bonds is 4. The van der Waals surface area contributed by atoms with Crippen molar-refractivity contribution in [1.29, 1.82) is 0 Å². The second-order valence-electron chi connectivity index (χ2n) is 4.69. The van der Waals surface area contributed by atoms with Crippen molar-refractivity contribution in [2.45, 2.75) is 31.8 Å². The maximum Gasteiger partial charge on any atom is 0.326 e. The highest BCUT2D eigenvalue weighted by Crippen LogP contribution is 2.24. The molecular formula is C14H18N2O3. The maximum absolute atomic E-state index is 12.2. The molecule has 0 saturated heterocycles. The molecule has 5 heteroatoms. The molecule has 0 radical (unpaired) electrons. The van der Waals surface area contributed by atoms with Crippen LogP contribution in [-0.2, 0) is 16.1 Å². The average molecular weight is 262 g/mol. The number of carbonyl (C=O) groups excluding carboxylic acids is 1. The van der Waals surface area contributed by atoms with E-state index in [2.05, 4.69) is 10.6 Å². The fourth-order valence-electron chi connectivity index (χ4n) is 2.34. The first-order valence-corrected chi connectivity index (χ1v) is 6.45. The highest BCUT2D eigenvalue weighted by molar-refractivity contribution is 5.88. The van der Waals surface area contributed by atoms with Crippen LogP contribution >= 0.6 is 0 Å². The van der Waals surface area contributed by atoms with Crippen molar-refractivity contribution in [3.63, 3.8) is 0 Å². The zero-order chi connectivity index (χ0) is 13.8. The van der Waals surface area contributed by atoms with Crippen molar-refractivity contribution in [3.8, 4) is 0 Å². The van der Waals surface area contributed by atoms with E-state index in [9.17, 15) is 9.59 Å². The molecule has 1 amide bonds. The molecule has 0 saturated carbocycles. The number of nitrogens with one attached hydrogen (secondary N) is 2. The van der Waals surface area contributed by atoms with E-state index >= 15 is 0 Å². The lowest BCUT2D eigenvalue weighted by atomic mass is 9.90. The number of carbonyl (C=O) groups is 2. The molecule has 19 heavy (non-hydrogen) atoms. The summed E-state index contributed by atoms with van der Waals surface area (Å²) >= 11 is 0. The molecule has 2 rings (SSSR count). The first-order chi connectivity index (χ1) is 9.13. The molecule has 0 aromatic heterocycles. The minimum atomic E-state index is -0.993. The number of fused-ring (bicyclic) bond motifs is 1. The van der Waals surface area contributed by atoms with E-state index in [1.807, 2.05) is 24.3 Å². The molecule has 1 unspecified atom stereocenters. The van der Waals surface area contributed by atoms with Crippen LogP contribution in [0.15, 0.2) is 24.3 Å². The molecule has 1 aromatic carbocycles. The van der Waals surface area contributed by atoms with Crippen LogP contribution in [0.2, 0.25) is 0 Å². The van der Waals surface area contributed by atoms with Crippen LogP contribution in [0.3, 0.4) is 0 Å². The Bertz CT molecular complexity index is 487. The highest BCUT2D eigenvalue weighted by atomic mass is 16.4. The molecule has 1 aromatic rings. The topological polar surface area (TPSA) is 78.4 Å². The van der Waals surface area contributed by atoms with E-state index in [0.29, 0.717) is 13.0 Å². The summed E-state index contributed by atoms with van der Waals surface area (Å²) < 4.78 is 0. The van der Waals surface area contributed by atoms with E-state index in [-0.39, 0.29) is 11.8 Å². The largest absolute Gasteiger partial charge is 0.480 e. The molecule has 1 aliphatic rings. The van der Waals surface area contributed by atoms with Crippen LogP contribution in [0.1, 0.15) is 30.4 Å². The van der Waals surface area contributed by atoms with Crippen LogP contribution in [0.5, 0.6) is 0 Å². The third kappa shape index (κ3) is 2.93. The maximum atomic E-state index is 12.2. The van der Waals surface area contributed by atoms with Gasteiger partial charge in [0.05, 0.1) is 5.92 Å². The molecule has 0 spiro atoms. The standard InChI is InChI=1S/C14H18N2O3/c1-2-12(14(18)19)16-13(17)11-8-15-7-9-5-3-4-6-10(9)11/h3-6,11-12,15H,2,7-8H2,1H3,(H,16,17)(H,18,19)/t11?,12-/m1/s1. The van der Waals surface area contributed by atoms with Gasteiger partial charge in [-0.15, -0.1) is 0 Å². The Kier molecular flexibility index (Phi) is 4.16. The molecule has 2 atom stereocenters. The number of carboxylic acids is 1. The second kappa shape index (κ2) is 5.84. The number of benzene rings is 1. The number of carboxylic acid groups (broad SMARTS) is 1. The van der Waals surface area contributed by atoms with Gasteiger partial charge in [0.2, 0.25) is 5.91 Å². The molecule has 1 heterocycles. The van der Waals surface area contributed by atoms with Crippen molar-refractivity contribution in [3.05, 3.63) is 35.4 Å². The Morgan fingerprint density at radius 3 is 2.89 bits per heavy atom. The van der Waals surface area contributed by atoms with Gasteiger partial charge in [-0.25, -0.2) is 4.79 Å². The minimum absolute atomic E-state index is 0.228. The van der Waals surface area contributed by atoms with Crippen LogP contribution in [-0.4, -0.2) is 29.6 Å². The van der Waals surface area contributed by atoms with Gasteiger partial charge in [0, 0.05) is 13.1 Å². The molecule has 102 valence electrons. The zero-order valence-corrected chi connectivity index (χ0v) is 10.8. The van der Waals surface area contributed by atoms with Crippen LogP contribution in [0.25, 0.3) is 0 Å². The summed E-state index contributed by atoms with van der Waals surface area (Å²) in [4.78, 5) is 23.2. The Hall–Kier alpha value is -1.88. The second-order valence-corrected chi connectivity index (χ2v) is 4.69. The smallest absolute Gasteiger partial charge is 0.326 e. The lowest BCUT2D eigenvalue weighted by Crippen LogP contribution is -2.45. The number of hydrogen-bond acceptors (Lipinski definition) is 3. The predicted molar refractivity (Wildman–Crippen MR) is 70.7 cm³/mol. The van der Waals surface area contributed by atoms with Gasteiger partial charge < -0.3 is 15.7 Å². The summed E-state index contributed by atoms with van der Waals surface area (Å²) in [6, 6.07) is 6.94. The van der Waals surface area contributed by atoms with Crippen LogP contribution in [0.4, 0.5) is 0 Å². The van der Waals surface area contributed by atoms with Crippen molar-refractivity contribution >= 4 is 11.9 Å².